The Morgan fingerprint density at radius 1 is 1.20 bits per heavy atom. The molecule has 0 saturated heterocycles. The van der Waals surface area contributed by atoms with Crippen molar-refractivity contribution in [1.82, 2.24) is 9.88 Å². The quantitative estimate of drug-likeness (QED) is 0.850. The molecule has 2 rings (SSSR count). The maximum absolute atomic E-state index is 12.5. The Kier molecular flexibility index (Phi) is 4.83. The van der Waals surface area contributed by atoms with Gasteiger partial charge in [0.15, 0.2) is 0 Å². The zero-order chi connectivity index (χ0) is 14.5. The topological polar surface area (TPSA) is 34.0 Å². The molecule has 0 radical (unpaired) electrons. The van der Waals surface area contributed by atoms with E-state index >= 15 is 0 Å². The number of carbonyl (C=O) groups excluding carboxylic acids is 1. The van der Waals surface area contributed by atoms with Crippen LogP contribution in [0.4, 0.5) is 0 Å². The van der Waals surface area contributed by atoms with E-state index in [2.05, 4.69) is 19.2 Å². The van der Waals surface area contributed by atoms with Crippen LogP contribution in [0.15, 0.2) is 30.5 Å². The molecule has 3 nitrogen and oxygen atoms in total. The third-order valence-electron chi connectivity index (χ3n) is 3.75. The number of nitrogens with one attached hydrogen (secondary N) is 1. The van der Waals surface area contributed by atoms with Gasteiger partial charge >= 0.3 is 0 Å². The second-order valence-corrected chi connectivity index (χ2v) is 5.42. The smallest absolute Gasteiger partial charge is 0.253 e. The number of benzene rings is 1. The van der Waals surface area contributed by atoms with Crippen LogP contribution in [0.5, 0.6) is 0 Å². The molecule has 3 heteroatoms. The number of fused-ring (bicyclic) bond motifs is 1. The molecule has 0 aliphatic heterocycles. The predicted molar refractivity (Wildman–Crippen MR) is 84.0 cm³/mol. The largest absolute Gasteiger partial charge is 0.350 e. The highest BCUT2D eigenvalue weighted by Crippen LogP contribution is 2.20. The summed E-state index contributed by atoms with van der Waals surface area (Å²) in [7, 11) is 1.98. The van der Waals surface area contributed by atoms with E-state index < -0.39 is 0 Å². The molecule has 0 spiro atoms. The van der Waals surface area contributed by atoms with Gasteiger partial charge in [-0.2, -0.15) is 0 Å². The molecule has 1 N–H and O–H groups in total. The van der Waals surface area contributed by atoms with Crippen molar-refractivity contribution in [2.75, 3.05) is 0 Å². The summed E-state index contributed by atoms with van der Waals surface area (Å²) in [5.74, 6) is 0.0497. The van der Waals surface area contributed by atoms with Crippen molar-refractivity contribution in [3.63, 3.8) is 0 Å². The monoisotopic (exact) mass is 272 g/mol. The molecule has 0 fully saturated rings. The number of para-hydroxylation sites is 1. The molecule has 108 valence electrons. The highest BCUT2D eigenvalue weighted by Gasteiger charge is 2.16. The zero-order valence-electron chi connectivity index (χ0n) is 12.6. The van der Waals surface area contributed by atoms with Crippen LogP contribution >= 0.6 is 0 Å². The van der Waals surface area contributed by atoms with Crippen molar-refractivity contribution in [3.05, 3.63) is 36.0 Å². The lowest BCUT2D eigenvalue weighted by Crippen LogP contribution is -2.34. The van der Waals surface area contributed by atoms with Crippen LogP contribution in [0.2, 0.25) is 0 Å². The van der Waals surface area contributed by atoms with Crippen molar-refractivity contribution >= 4 is 16.8 Å². The average molecular weight is 272 g/mol. The fourth-order valence-electron chi connectivity index (χ4n) is 2.77. The van der Waals surface area contributed by atoms with Crippen molar-refractivity contribution in [2.24, 2.45) is 7.05 Å². The number of hydrogen-bond acceptors (Lipinski definition) is 1. The van der Waals surface area contributed by atoms with Crippen molar-refractivity contribution < 1.29 is 4.79 Å². The lowest BCUT2D eigenvalue weighted by molar-refractivity contribution is 0.0934. The molecule has 0 aliphatic carbocycles. The summed E-state index contributed by atoms with van der Waals surface area (Å²) in [6.45, 7) is 4.32. The summed E-state index contributed by atoms with van der Waals surface area (Å²) in [4.78, 5) is 12.5. The number of rotatable bonds is 6. The summed E-state index contributed by atoms with van der Waals surface area (Å²) in [5.41, 5.74) is 1.88. The number of carbonyl (C=O) groups is 1. The molecule has 0 saturated carbocycles. The fraction of sp³-hybridized carbons (Fsp3) is 0.471. The molecule has 0 atom stereocenters. The van der Waals surface area contributed by atoms with E-state index in [9.17, 15) is 4.79 Å². The van der Waals surface area contributed by atoms with Crippen LogP contribution in [0.25, 0.3) is 10.9 Å². The number of aromatic nitrogens is 1. The first-order valence-electron chi connectivity index (χ1n) is 7.52. The molecule has 0 unspecified atom stereocenters. The maximum Gasteiger partial charge on any atom is 0.253 e. The molecule has 1 aromatic heterocycles. The van der Waals surface area contributed by atoms with Gasteiger partial charge in [0.25, 0.3) is 5.91 Å². The minimum atomic E-state index is 0.0497. The van der Waals surface area contributed by atoms with Gasteiger partial charge in [0.05, 0.1) is 5.56 Å². The lowest BCUT2D eigenvalue weighted by atomic mass is 10.1. The molecule has 1 heterocycles. The third-order valence-corrected chi connectivity index (χ3v) is 3.75. The van der Waals surface area contributed by atoms with E-state index in [1.54, 1.807) is 0 Å². The van der Waals surface area contributed by atoms with Crippen LogP contribution in [0.3, 0.4) is 0 Å². The van der Waals surface area contributed by atoms with Crippen LogP contribution in [0, 0.1) is 0 Å². The van der Waals surface area contributed by atoms with Gasteiger partial charge in [0.1, 0.15) is 0 Å². The predicted octanol–water partition coefficient (Wildman–Crippen LogP) is 3.88. The number of nitrogens with zero attached hydrogens (tertiary/aromatic N) is 1. The fourth-order valence-corrected chi connectivity index (χ4v) is 2.77. The average Bonchev–Trinajstić information content (AvgIpc) is 2.77. The van der Waals surface area contributed by atoms with Gasteiger partial charge in [-0.3, -0.25) is 4.79 Å². The van der Waals surface area contributed by atoms with E-state index in [0.29, 0.717) is 0 Å². The Morgan fingerprint density at radius 3 is 2.50 bits per heavy atom. The van der Waals surface area contributed by atoms with Gasteiger partial charge in [0, 0.05) is 30.2 Å². The second kappa shape index (κ2) is 6.60. The summed E-state index contributed by atoms with van der Waals surface area (Å²) < 4.78 is 2.01. The minimum Gasteiger partial charge on any atom is -0.350 e. The first kappa shape index (κ1) is 14.6. The molecular weight excluding hydrogens is 248 g/mol. The first-order valence-corrected chi connectivity index (χ1v) is 7.52. The Balaban J connectivity index is 2.22. The van der Waals surface area contributed by atoms with E-state index in [1.165, 1.54) is 0 Å². The van der Waals surface area contributed by atoms with Gasteiger partial charge in [-0.1, -0.05) is 44.9 Å². The van der Waals surface area contributed by atoms with Gasteiger partial charge in [-0.05, 0) is 18.9 Å². The van der Waals surface area contributed by atoms with E-state index in [4.69, 9.17) is 0 Å². The molecule has 0 aliphatic rings. The Labute approximate surface area is 121 Å². The Hall–Kier alpha value is -1.77. The van der Waals surface area contributed by atoms with Crippen molar-refractivity contribution in [1.29, 1.82) is 0 Å². The van der Waals surface area contributed by atoms with Gasteiger partial charge in [-0.15, -0.1) is 0 Å². The molecule has 1 amide bonds. The minimum absolute atomic E-state index is 0.0497. The summed E-state index contributed by atoms with van der Waals surface area (Å²) in [6.07, 6.45) is 6.21. The summed E-state index contributed by atoms with van der Waals surface area (Å²) >= 11 is 0. The van der Waals surface area contributed by atoms with Crippen LogP contribution < -0.4 is 5.32 Å². The molecule has 0 bridgehead atoms. The Morgan fingerprint density at radius 2 is 1.85 bits per heavy atom. The van der Waals surface area contributed by atoms with E-state index in [1.807, 2.05) is 42.1 Å². The van der Waals surface area contributed by atoms with Gasteiger partial charge in [0.2, 0.25) is 0 Å². The number of hydrogen-bond donors (Lipinski definition) is 1. The molecular formula is C17H24N2O. The van der Waals surface area contributed by atoms with Crippen LogP contribution in [0.1, 0.15) is 49.9 Å². The first-order chi connectivity index (χ1) is 9.67. The van der Waals surface area contributed by atoms with Crippen LogP contribution in [-0.4, -0.2) is 16.5 Å². The standard InChI is InChI=1S/C17H24N2O/c1-4-8-13(9-5-2)18-17(20)15-12-19(3)16-11-7-6-10-14(15)16/h6-7,10-13H,4-5,8-9H2,1-3H3,(H,18,20). The summed E-state index contributed by atoms with van der Waals surface area (Å²) in [5, 5.41) is 4.22. The summed E-state index contributed by atoms with van der Waals surface area (Å²) in [6, 6.07) is 8.33. The van der Waals surface area contributed by atoms with Gasteiger partial charge in [-0.25, -0.2) is 0 Å². The van der Waals surface area contributed by atoms with E-state index in [0.717, 1.165) is 42.1 Å². The zero-order valence-corrected chi connectivity index (χ0v) is 12.6. The molecule has 1 aromatic carbocycles. The SMILES string of the molecule is CCCC(CCC)NC(=O)c1cn(C)c2ccccc12. The number of amides is 1. The normalized spacial score (nSPS) is 11.2. The lowest BCUT2D eigenvalue weighted by Gasteiger charge is -2.17. The second-order valence-electron chi connectivity index (χ2n) is 5.42. The highest BCUT2D eigenvalue weighted by atomic mass is 16.1. The van der Waals surface area contributed by atoms with Crippen molar-refractivity contribution in [3.8, 4) is 0 Å². The van der Waals surface area contributed by atoms with Crippen LogP contribution in [-0.2, 0) is 7.05 Å². The maximum atomic E-state index is 12.5. The van der Waals surface area contributed by atoms with E-state index in [-0.39, 0.29) is 11.9 Å². The third kappa shape index (κ3) is 3.03. The molecule has 20 heavy (non-hydrogen) atoms. The Bertz CT molecular complexity index is 580. The molecule has 2 aromatic rings. The highest BCUT2D eigenvalue weighted by molar-refractivity contribution is 6.07. The number of aryl methyl sites for hydroxylation is 1. The van der Waals surface area contributed by atoms with Gasteiger partial charge < -0.3 is 9.88 Å². The van der Waals surface area contributed by atoms with Crippen molar-refractivity contribution in [2.45, 2.75) is 45.6 Å².